The standard InChI is InChI=1S/C29H27N7O4/c30-12-17(24-15-33-22-3-1-2-4-23(22)34-24)14-32-19-9-16(10-19)13-31-18-5-6-20-21(11-18)29(40)36(28(20)39)25-7-8-26(37)35-27(25)38/h1-6,11-12,14-16,19,25,30-32H,7-10,13H2,(H,35,37,38)/b17-14+,30-12?. The first-order valence-corrected chi connectivity index (χ1v) is 13.2. The van der Waals surface area contributed by atoms with E-state index in [2.05, 4.69) is 25.9 Å². The van der Waals surface area contributed by atoms with Crippen LogP contribution in [0.15, 0.2) is 54.9 Å². The molecule has 0 bridgehead atoms. The molecule has 1 aromatic heterocycles. The molecule has 0 spiro atoms. The summed E-state index contributed by atoms with van der Waals surface area (Å²) in [6.07, 6.45) is 6.84. The SMILES string of the molecule is N=C/C(=C\NC1CC(CNc2ccc3c(c2)C(=O)N(C2CCC(=O)NC2=O)C3=O)C1)c1cnc2ccccc2n1. The Labute approximate surface area is 229 Å². The van der Waals surface area contributed by atoms with Crippen LogP contribution in [0.3, 0.4) is 0 Å². The summed E-state index contributed by atoms with van der Waals surface area (Å²) in [7, 11) is 0. The number of allylic oxidation sites excluding steroid dienone is 1. The number of imide groups is 2. The molecule has 3 aromatic rings. The van der Waals surface area contributed by atoms with E-state index in [-0.39, 0.29) is 30.0 Å². The van der Waals surface area contributed by atoms with E-state index in [1.54, 1.807) is 24.4 Å². The van der Waals surface area contributed by atoms with Crippen LogP contribution >= 0.6 is 0 Å². The van der Waals surface area contributed by atoms with Gasteiger partial charge in [0.1, 0.15) is 6.04 Å². The van der Waals surface area contributed by atoms with E-state index in [4.69, 9.17) is 5.41 Å². The number of benzene rings is 2. The van der Waals surface area contributed by atoms with Crippen LogP contribution in [0.1, 0.15) is 52.1 Å². The molecule has 2 fully saturated rings. The monoisotopic (exact) mass is 537 g/mol. The van der Waals surface area contributed by atoms with Crippen molar-refractivity contribution in [3.63, 3.8) is 0 Å². The molecule has 40 heavy (non-hydrogen) atoms. The van der Waals surface area contributed by atoms with Crippen LogP contribution in [0.4, 0.5) is 5.69 Å². The topological polar surface area (TPSA) is 157 Å². The van der Waals surface area contributed by atoms with Crippen molar-refractivity contribution in [2.24, 2.45) is 5.92 Å². The number of hydrogen-bond acceptors (Lipinski definition) is 9. The predicted octanol–water partition coefficient (Wildman–Crippen LogP) is 2.50. The largest absolute Gasteiger partial charge is 0.388 e. The molecular weight excluding hydrogens is 510 g/mol. The first-order chi connectivity index (χ1) is 19.4. The van der Waals surface area contributed by atoms with Crippen molar-refractivity contribution in [1.82, 2.24) is 25.5 Å². The smallest absolute Gasteiger partial charge is 0.262 e. The number of aromatic nitrogens is 2. The number of hydrogen-bond donors (Lipinski definition) is 4. The van der Waals surface area contributed by atoms with Gasteiger partial charge < -0.3 is 16.0 Å². The lowest BCUT2D eigenvalue weighted by Crippen LogP contribution is -2.54. The van der Waals surface area contributed by atoms with Crippen molar-refractivity contribution in [1.29, 1.82) is 5.41 Å². The summed E-state index contributed by atoms with van der Waals surface area (Å²) in [5, 5.41) is 16.7. The minimum Gasteiger partial charge on any atom is -0.388 e. The molecule has 1 unspecified atom stereocenters. The number of nitrogens with one attached hydrogen (secondary N) is 4. The third-order valence-electron chi connectivity index (χ3n) is 7.64. The molecule has 6 rings (SSSR count). The summed E-state index contributed by atoms with van der Waals surface area (Å²) in [5.74, 6) is -1.63. The van der Waals surface area contributed by atoms with Gasteiger partial charge in [-0.3, -0.25) is 34.4 Å². The molecule has 2 aromatic carbocycles. The number of anilines is 1. The van der Waals surface area contributed by atoms with E-state index in [9.17, 15) is 19.2 Å². The third-order valence-corrected chi connectivity index (χ3v) is 7.64. The van der Waals surface area contributed by atoms with Gasteiger partial charge >= 0.3 is 0 Å². The maximum Gasteiger partial charge on any atom is 0.262 e. The van der Waals surface area contributed by atoms with E-state index in [1.807, 2.05) is 30.5 Å². The van der Waals surface area contributed by atoms with Crippen molar-refractivity contribution in [3.05, 3.63) is 71.7 Å². The zero-order valence-corrected chi connectivity index (χ0v) is 21.5. The fourth-order valence-electron chi connectivity index (χ4n) is 5.38. The zero-order chi connectivity index (χ0) is 27.8. The Kier molecular flexibility index (Phi) is 6.54. The second kappa shape index (κ2) is 10.3. The average Bonchev–Trinajstić information content (AvgIpc) is 3.18. The third kappa shape index (κ3) is 4.70. The summed E-state index contributed by atoms with van der Waals surface area (Å²) < 4.78 is 0. The Morgan fingerprint density at radius 2 is 1.82 bits per heavy atom. The Balaban J connectivity index is 1.03. The Hall–Kier alpha value is -4.93. The minimum atomic E-state index is -0.976. The predicted molar refractivity (Wildman–Crippen MR) is 148 cm³/mol. The van der Waals surface area contributed by atoms with Gasteiger partial charge in [-0.25, -0.2) is 4.98 Å². The number of rotatable bonds is 8. The van der Waals surface area contributed by atoms with Gasteiger partial charge in [0.15, 0.2) is 0 Å². The second-order valence-corrected chi connectivity index (χ2v) is 10.3. The van der Waals surface area contributed by atoms with Gasteiger partial charge in [0.2, 0.25) is 11.8 Å². The van der Waals surface area contributed by atoms with Crippen molar-refractivity contribution >= 4 is 52.1 Å². The molecule has 4 N–H and O–H groups in total. The molecule has 2 aliphatic heterocycles. The molecule has 0 radical (unpaired) electrons. The van der Waals surface area contributed by atoms with Gasteiger partial charge in [-0.05, 0) is 55.5 Å². The summed E-state index contributed by atoms with van der Waals surface area (Å²) >= 11 is 0. The first-order valence-electron chi connectivity index (χ1n) is 13.2. The quantitative estimate of drug-likeness (QED) is 0.252. The summed E-state index contributed by atoms with van der Waals surface area (Å²) in [6, 6.07) is 11.9. The molecular formula is C29H27N7O4. The van der Waals surface area contributed by atoms with Gasteiger partial charge in [0, 0.05) is 42.7 Å². The van der Waals surface area contributed by atoms with E-state index >= 15 is 0 Å². The van der Waals surface area contributed by atoms with Crippen LogP contribution in [-0.2, 0) is 9.59 Å². The highest BCUT2D eigenvalue weighted by Crippen LogP contribution is 2.31. The van der Waals surface area contributed by atoms with Crippen molar-refractivity contribution in [3.8, 4) is 0 Å². The van der Waals surface area contributed by atoms with Crippen LogP contribution in [0.25, 0.3) is 16.6 Å². The Morgan fingerprint density at radius 3 is 2.60 bits per heavy atom. The fourth-order valence-corrected chi connectivity index (χ4v) is 5.38. The van der Waals surface area contributed by atoms with Gasteiger partial charge in [-0.2, -0.15) is 0 Å². The minimum absolute atomic E-state index is 0.0872. The molecule has 11 heteroatoms. The lowest BCUT2D eigenvalue weighted by atomic mass is 9.80. The average molecular weight is 538 g/mol. The number of carbonyl (C=O) groups is 4. The number of nitrogens with zero attached hydrogens (tertiary/aromatic N) is 3. The van der Waals surface area contributed by atoms with Gasteiger partial charge in [0.25, 0.3) is 11.8 Å². The summed E-state index contributed by atoms with van der Waals surface area (Å²) in [5.41, 5.74) is 4.13. The molecule has 3 heterocycles. The number of carbonyl (C=O) groups excluding carboxylic acids is 4. The van der Waals surface area contributed by atoms with Crippen LogP contribution in [0, 0.1) is 11.3 Å². The lowest BCUT2D eigenvalue weighted by Gasteiger charge is -2.36. The van der Waals surface area contributed by atoms with Gasteiger partial charge in [-0.15, -0.1) is 0 Å². The number of fused-ring (bicyclic) bond motifs is 2. The molecule has 1 saturated carbocycles. The summed E-state index contributed by atoms with van der Waals surface area (Å²) in [6.45, 7) is 0.702. The molecule has 202 valence electrons. The Morgan fingerprint density at radius 1 is 1.05 bits per heavy atom. The number of amides is 4. The van der Waals surface area contributed by atoms with Crippen molar-refractivity contribution in [2.75, 3.05) is 11.9 Å². The highest BCUT2D eigenvalue weighted by molar-refractivity contribution is 6.23. The highest BCUT2D eigenvalue weighted by Gasteiger charge is 2.44. The normalized spacial score (nSPS) is 22.6. The maximum absolute atomic E-state index is 13.0. The zero-order valence-electron chi connectivity index (χ0n) is 21.5. The molecule has 3 aliphatic rings. The molecule has 1 saturated heterocycles. The molecule has 1 aliphatic carbocycles. The lowest BCUT2D eigenvalue weighted by molar-refractivity contribution is -0.136. The van der Waals surface area contributed by atoms with Crippen molar-refractivity contribution < 1.29 is 19.2 Å². The van der Waals surface area contributed by atoms with Crippen LogP contribution in [0.5, 0.6) is 0 Å². The highest BCUT2D eigenvalue weighted by atomic mass is 16.2. The number of piperidine rings is 1. The van der Waals surface area contributed by atoms with Gasteiger partial charge in [-0.1, -0.05) is 12.1 Å². The first kappa shape index (κ1) is 25.4. The molecule has 1 atom stereocenters. The second-order valence-electron chi connectivity index (χ2n) is 10.3. The van der Waals surface area contributed by atoms with E-state index in [1.165, 1.54) is 6.21 Å². The van der Waals surface area contributed by atoms with Crippen LogP contribution < -0.4 is 16.0 Å². The van der Waals surface area contributed by atoms with E-state index < -0.39 is 29.7 Å². The molecule has 4 amide bonds. The van der Waals surface area contributed by atoms with Crippen LogP contribution in [0.2, 0.25) is 0 Å². The fraction of sp³-hybridized carbons (Fsp3) is 0.276. The van der Waals surface area contributed by atoms with Gasteiger partial charge in [0.05, 0.1) is 34.1 Å². The maximum atomic E-state index is 13.0. The molecule has 11 nitrogen and oxygen atoms in total. The van der Waals surface area contributed by atoms with Crippen molar-refractivity contribution in [2.45, 2.75) is 37.8 Å². The summed E-state index contributed by atoms with van der Waals surface area (Å²) in [4.78, 5) is 59.6. The Bertz CT molecular complexity index is 1590. The number of para-hydroxylation sites is 2. The van der Waals surface area contributed by atoms with E-state index in [0.717, 1.165) is 34.5 Å². The van der Waals surface area contributed by atoms with E-state index in [0.29, 0.717) is 23.7 Å². The van der Waals surface area contributed by atoms with Crippen LogP contribution in [-0.4, -0.2) is 63.3 Å².